The largest absolute Gasteiger partial charge is 0.387 e. The van der Waals surface area contributed by atoms with Gasteiger partial charge in [0.05, 0.1) is 27.9 Å². The third-order valence-electron chi connectivity index (χ3n) is 5.21. The number of aliphatic hydroxyl groups is 2. The molecule has 2 fully saturated rings. The molecule has 2 atom stereocenters. The highest BCUT2D eigenvalue weighted by molar-refractivity contribution is 6.42. The normalized spacial score (nSPS) is 31.4. The molecule has 1 aromatic carbocycles. The van der Waals surface area contributed by atoms with Crippen LogP contribution in [0.15, 0.2) is 18.2 Å². The molecule has 0 aliphatic carbocycles. The van der Waals surface area contributed by atoms with Crippen LogP contribution in [0.5, 0.6) is 0 Å². The summed E-state index contributed by atoms with van der Waals surface area (Å²) in [5, 5.41) is 22.1. The maximum absolute atomic E-state index is 10.5. The second-order valence-electron chi connectivity index (χ2n) is 6.91. The molecule has 0 saturated carbocycles. The molecular formula is C17H23Cl2NO3. The summed E-state index contributed by atoms with van der Waals surface area (Å²) in [5.74, 6) is 0. The van der Waals surface area contributed by atoms with Crippen LogP contribution in [-0.2, 0) is 11.3 Å². The highest BCUT2D eigenvalue weighted by atomic mass is 35.5. The SMILES string of the molecule is C[C@@]1(O)CCOC2(CCN(Cc3cccc(Cl)c3Cl)CC2)[C@H]1O. The molecule has 6 heteroatoms. The second-order valence-corrected chi connectivity index (χ2v) is 7.70. The van der Waals surface area contributed by atoms with Crippen LogP contribution in [0.1, 0.15) is 31.7 Å². The van der Waals surface area contributed by atoms with Gasteiger partial charge in [0.25, 0.3) is 0 Å². The standard InChI is InChI=1S/C17H23Cl2NO3/c1-16(22)7-10-23-17(15(16)21)5-8-20(9-6-17)11-12-3-2-4-13(18)14(12)19/h2-4,15,21-22H,5-11H2,1H3/t15-,16+/m0/s1. The van der Waals surface area contributed by atoms with Crippen molar-refractivity contribution in [3.63, 3.8) is 0 Å². The lowest BCUT2D eigenvalue weighted by Crippen LogP contribution is -2.64. The molecule has 2 saturated heterocycles. The van der Waals surface area contributed by atoms with E-state index in [2.05, 4.69) is 4.90 Å². The fraction of sp³-hybridized carbons (Fsp3) is 0.647. The molecule has 1 spiro atoms. The first-order valence-electron chi connectivity index (χ1n) is 8.04. The highest BCUT2D eigenvalue weighted by Crippen LogP contribution is 2.40. The molecular weight excluding hydrogens is 337 g/mol. The van der Waals surface area contributed by atoms with E-state index in [4.69, 9.17) is 27.9 Å². The quantitative estimate of drug-likeness (QED) is 0.852. The van der Waals surface area contributed by atoms with Crippen LogP contribution in [-0.4, -0.2) is 52.1 Å². The molecule has 2 aliphatic heterocycles. The maximum atomic E-state index is 10.5. The Morgan fingerprint density at radius 2 is 1.96 bits per heavy atom. The Morgan fingerprint density at radius 3 is 2.65 bits per heavy atom. The van der Waals surface area contributed by atoms with Gasteiger partial charge in [0, 0.05) is 26.1 Å². The number of nitrogens with zero attached hydrogens (tertiary/aromatic N) is 1. The molecule has 1 aromatic rings. The first kappa shape index (κ1) is 17.5. The van der Waals surface area contributed by atoms with Crippen molar-refractivity contribution in [2.24, 2.45) is 0 Å². The minimum Gasteiger partial charge on any atom is -0.387 e. The number of benzene rings is 1. The van der Waals surface area contributed by atoms with Crippen LogP contribution in [0.25, 0.3) is 0 Å². The molecule has 0 amide bonds. The summed E-state index contributed by atoms with van der Waals surface area (Å²) in [4.78, 5) is 2.28. The van der Waals surface area contributed by atoms with E-state index >= 15 is 0 Å². The molecule has 0 bridgehead atoms. The monoisotopic (exact) mass is 359 g/mol. The smallest absolute Gasteiger partial charge is 0.111 e. The van der Waals surface area contributed by atoms with Crippen molar-refractivity contribution >= 4 is 23.2 Å². The van der Waals surface area contributed by atoms with Gasteiger partial charge >= 0.3 is 0 Å². The van der Waals surface area contributed by atoms with Crippen molar-refractivity contribution in [3.8, 4) is 0 Å². The van der Waals surface area contributed by atoms with Crippen molar-refractivity contribution in [3.05, 3.63) is 33.8 Å². The van der Waals surface area contributed by atoms with Gasteiger partial charge in [0.15, 0.2) is 0 Å². The van der Waals surface area contributed by atoms with Gasteiger partial charge in [-0.1, -0.05) is 35.3 Å². The molecule has 0 radical (unpaired) electrons. The number of halogens is 2. The number of hydrogen-bond acceptors (Lipinski definition) is 4. The average Bonchev–Trinajstić information content (AvgIpc) is 2.52. The van der Waals surface area contributed by atoms with Gasteiger partial charge in [-0.05, 0) is 31.4 Å². The summed E-state index contributed by atoms with van der Waals surface area (Å²) in [6.45, 7) is 4.48. The van der Waals surface area contributed by atoms with E-state index in [1.165, 1.54) is 0 Å². The van der Waals surface area contributed by atoms with Crippen LogP contribution < -0.4 is 0 Å². The first-order valence-corrected chi connectivity index (χ1v) is 8.79. The Kier molecular flexibility index (Phi) is 4.94. The fourth-order valence-electron chi connectivity index (χ4n) is 3.66. The van der Waals surface area contributed by atoms with Gasteiger partial charge in [-0.25, -0.2) is 0 Å². The van der Waals surface area contributed by atoms with Crippen molar-refractivity contribution in [1.29, 1.82) is 0 Å². The lowest BCUT2D eigenvalue weighted by Gasteiger charge is -2.51. The van der Waals surface area contributed by atoms with Crippen molar-refractivity contribution in [1.82, 2.24) is 4.90 Å². The van der Waals surface area contributed by atoms with E-state index in [0.29, 0.717) is 35.9 Å². The van der Waals surface area contributed by atoms with Gasteiger partial charge in [-0.15, -0.1) is 0 Å². The summed E-state index contributed by atoms with van der Waals surface area (Å²) in [6, 6.07) is 5.67. The number of likely N-dealkylation sites (tertiary alicyclic amines) is 1. The van der Waals surface area contributed by atoms with Crippen molar-refractivity contribution in [2.75, 3.05) is 19.7 Å². The summed E-state index contributed by atoms with van der Waals surface area (Å²) < 4.78 is 5.91. The molecule has 3 rings (SSSR count). The van der Waals surface area contributed by atoms with Crippen LogP contribution >= 0.6 is 23.2 Å². The van der Waals surface area contributed by atoms with Gasteiger partial charge in [-0.2, -0.15) is 0 Å². The summed E-state index contributed by atoms with van der Waals surface area (Å²) >= 11 is 12.3. The molecule has 2 aliphatic rings. The summed E-state index contributed by atoms with van der Waals surface area (Å²) in [5.41, 5.74) is -0.695. The predicted octanol–water partition coefficient (Wildman–Crippen LogP) is 2.86. The average molecular weight is 360 g/mol. The van der Waals surface area contributed by atoms with Gasteiger partial charge in [-0.3, -0.25) is 4.90 Å². The molecule has 23 heavy (non-hydrogen) atoms. The second kappa shape index (κ2) is 6.51. The lowest BCUT2D eigenvalue weighted by molar-refractivity contribution is -0.246. The Labute approximate surface area is 147 Å². The Balaban J connectivity index is 1.65. The number of rotatable bonds is 2. The Hall–Kier alpha value is -0.360. The van der Waals surface area contributed by atoms with Gasteiger partial charge in [0.1, 0.15) is 6.10 Å². The Bertz CT molecular complexity index is 571. The van der Waals surface area contributed by atoms with Crippen LogP contribution in [0, 0.1) is 0 Å². The fourth-order valence-corrected chi connectivity index (χ4v) is 4.04. The molecule has 2 N–H and O–H groups in total. The molecule has 128 valence electrons. The van der Waals surface area contributed by atoms with E-state index in [0.717, 1.165) is 25.2 Å². The van der Waals surface area contributed by atoms with E-state index < -0.39 is 17.3 Å². The zero-order chi connectivity index (χ0) is 16.7. The molecule has 4 nitrogen and oxygen atoms in total. The zero-order valence-corrected chi connectivity index (χ0v) is 14.8. The summed E-state index contributed by atoms with van der Waals surface area (Å²) in [7, 11) is 0. The summed E-state index contributed by atoms with van der Waals surface area (Å²) in [6.07, 6.45) is 1.02. The van der Waals surface area contributed by atoms with Crippen LogP contribution in [0.2, 0.25) is 10.0 Å². The molecule has 0 unspecified atom stereocenters. The number of piperidine rings is 1. The predicted molar refractivity (Wildman–Crippen MR) is 90.9 cm³/mol. The number of aliphatic hydroxyl groups excluding tert-OH is 1. The zero-order valence-electron chi connectivity index (χ0n) is 13.3. The molecule has 0 aromatic heterocycles. The lowest BCUT2D eigenvalue weighted by atomic mass is 9.75. The Morgan fingerprint density at radius 1 is 1.26 bits per heavy atom. The topological polar surface area (TPSA) is 52.9 Å². The van der Waals surface area contributed by atoms with E-state index in [1.807, 2.05) is 12.1 Å². The minimum atomic E-state index is -1.07. The third kappa shape index (κ3) is 3.39. The van der Waals surface area contributed by atoms with Crippen molar-refractivity contribution in [2.45, 2.75) is 50.0 Å². The highest BCUT2D eigenvalue weighted by Gasteiger charge is 2.52. The number of ether oxygens (including phenoxy) is 1. The third-order valence-corrected chi connectivity index (χ3v) is 6.07. The van der Waals surface area contributed by atoms with Crippen LogP contribution in [0.3, 0.4) is 0 Å². The maximum Gasteiger partial charge on any atom is 0.111 e. The van der Waals surface area contributed by atoms with E-state index in [-0.39, 0.29) is 0 Å². The van der Waals surface area contributed by atoms with E-state index in [1.54, 1.807) is 13.0 Å². The van der Waals surface area contributed by atoms with Crippen LogP contribution in [0.4, 0.5) is 0 Å². The van der Waals surface area contributed by atoms with Gasteiger partial charge in [0.2, 0.25) is 0 Å². The first-order chi connectivity index (χ1) is 10.8. The minimum absolute atomic E-state index is 0.470. The molecule has 2 heterocycles. The van der Waals surface area contributed by atoms with Crippen molar-refractivity contribution < 1.29 is 14.9 Å². The van der Waals surface area contributed by atoms with Gasteiger partial charge < -0.3 is 14.9 Å². The van der Waals surface area contributed by atoms with E-state index in [9.17, 15) is 10.2 Å². The number of hydrogen-bond donors (Lipinski definition) is 2.